The number of β-lactam (4-membered cyclic amide) rings is 1. The Morgan fingerprint density at radius 1 is 1.46 bits per heavy atom. The SMILES string of the molecule is NC1CN(C2(C(F)(F)F)CC2)C1=O. The monoisotopic (exact) mass is 194 g/mol. The Labute approximate surface area is 72.7 Å². The zero-order chi connectivity index (χ0) is 9.85. The number of hydrogen-bond donors (Lipinski definition) is 1. The van der Waals surface area contributed by atoms with E-state index in [1.54, 1.807) is 0 Å². The maximum Gasteiger partial charge on any atom is 0.411 e. The lowest BCUT2D eigenvalue weighted by Crippen LogP contribution is -2.68. The van der Waals surface area contributed by atoms with Crippen LogP contribution in [0.1, 0.15) is 12.8 Å². The lowest BCUT2D eigenvalue weighted by atomic mass is 10.0. The van der Waals surface area contributed by atoms with Crippen LogP contribution in [0.25, 0.3) is 0 Å². The molecule has 13 heavy (non-hydrogen) atoms. The number of rotatable bonds is 1. The molecule has 0 aromatic carbocycles. The molecule has 1 amide bonds. The molecule has 1 atom stereocenters. The van der Waals surface area contributed by atoms with E-state index in [1.165, 1.54) is 0 Å². The summed E-state index contributed by atoms with van der Waals surface area (Å²) in [5.74, 6) is -0.574. The Bertz CT molecular complexity index is 259. The van der Waals surface area contributed by atoms with Crippen LogP contribution in [-0.4, -0.2) is 35.1 Å². The van der Waals surface area contributed by atoms with E-state index in [1.807, 2.05) is 0 Å². The molecular weight excluding hydrogens is 185 g/mol. The zero-order valence-electron chi connectivity index (χ0n) is 6.77. The molecule has 1 unspecified atom stereocenters. The predicted octanol–water partition coefficient (Wildman–Crippen LogP) is 0.251. The van der Waals surface area contributed by atoms with E-state index >= 15 is 0 Å². The first kappa shape index (κ1) is 8.80. The molecule has 1 aliphatic carbocycles. The van der Waals surface area contributed by atoms with E-state index in [-0.39, 0.29) is 19.4 Å². The van der Waals surface area contributed by atoms with Crippen molar-refractivity contribution in [1.82, 2.24) is 4.90 Å². The van der Waals surface area contributed by atoms with Crippen molar-refractivity contribution in [3.8, 4) is 0 Å². The van der Waals surface area contributed by atoms with Gasteiger partial charge in [-0.05, 0) is 12.8 Å². The summed E-state index contributed by atoms with van der Waals surface area (Å²) in [6, 6.07) is -0.722. The average molecular weight is 194 g/mol. The van der Waals surface area contributed by atoms with Crippen molar-refractivity contribution in [3.63, 3.8) is 0 Å². The molecule has 2 fully saturated rings. The third kappa shape index (κ3) is 0.979. The fourth-order valence-electron chi connectivity index (χ4n) is 1.66. The molecule has 1 saturated heterocycles. The Morgan fingerprint density at radius 2 is 2.00 bits per heavy atom. The summed E-state index contributed by atoms with van der Waals surface area (Å²) in [6.45, 7) is 0.0400. The predicted molar refractivity (Wildman–Crippen MR) is 37.7 cm³/mol. The van der Waals surface area contributed by atoms with Crippen molar-refractivity contribution in [2.24, 2.45) is 5.73 Å². The summed E-state index contributed by atoms with van der Waals surface area (Å²) >= 11 is 0. The van der Waals surface area contributed by atoms with Gasteiger partial charge in [-0.15, -0.1) is 0 Å². The highest BCUT2D eigenvalue weighted by molar-refractivity contribution is 5.89. The van der Waals surface area contributed by atoms with Crippen LogP contribution in [0.2, 0.25) is 0 Å². The van der Waals surface area contributed by atoms with Gasteiger partial charge in [0.1, 0.15) is 11.6 Å². The van der Waals surface area contributed by atoms with Crippen LogP contribution in [0.4, 0.5) is 13.2 Å². The largest absolute Gasteiger partial charge is 0.411 e. The van der Waals surface area contributed by atoms with Gasteiger partial charge in [0.2, 0.25) is 5.91 Å². The fraction of sp³-hybridized carbons (Fsp3) is 0.857. The van der Waals surface area contributed by atoms with E-state index in [0.717, 1.165) is 4.90 Å². The van der Waals surface area contributed by atoms with Crippen molar-refractivity contribution in [2.45, 2.75) is 30.6 Å². The van der Waals surface area contributed by atoms with Crippen LogP contribution in [0.15, 0.2) is 0 Å². The van der Waals surface area contributed by atoms with E-state index in [4.69, 9.17) is 5.73 Å². The molecule has 0 radical (unpaired) electrons. The minimum Gasteiger partial charge on any atom is -0.324 e. The highest BCUT2D eigenvalue weighted by Crippen LogP contribution is 2.55. The lowest BCUT2D eigenvalue weighted by molar-refractivity contribution is -0.210. The summed E-state index contributed by atoms with van der Waals surface area (Å²) in [6.07, 6.45) is -4.26. The van der Waals surface area contributed by atoms with Crippen LogP contribution >= 0.6 is 0 Å². The van der Waals surface area contributed by atoms with Gasteiger partial charge in [-0.25, -0.2) is 0 Å². The Kier molecular flexibility index (Phi) is 1.47. The highest BCUT2D eigenvalue weighted by atomic mass is 19.4. The number of hydrogen-bond acceptors (Lipinski definition) is 2. The van der Waals surface area contributed by atoms with Crippen molar-refractivity contribution < 1.29 is 18.0 Å². The Morgan fingerprint density at radius 3 is 2.23 bits per heavy atom. The summed E-state index contributed by atoms with van der Waals surface area (Å²) in [7, 11) is 0. The molecule has 2 rings (SSSR count). The molecule has 0 aromatic rings. The van der Waals surface area contributed by atoms with Crippen LogP contribution in [0.3, 0.4) is 0 Å². The van der Waals surface area contributed by atoms with Gasteiger partial charge in [-0.3, -0.25) is 4.79 Å². The van der Waals surface area contributed by atoms with Gasteiger partial charge in [0.25, 0.3) is 0 Å². The van der Waals surface area contributed by atoms with Crippen molar-refractivity contribution in [2.75, 3.05) is 6.54 Å². The van der Waals surface area contributed by atoms with Gasteiger partial charge in [0.15, 0.2) is 0 Å². The fourth-order valence-corrected chi connectivity index (χ4v) is 1.66. The smallest absolute Gasteiger partial charge is 0.324 e. The summed E-state index contributed by atoms with van der Waals surface area (Å²) in [4.78, 5) is 11.9. The summed E-state index contributed by atoms with van der Waals surface area (Å²) in [5, 5.41) is 0. The number of carbonyl (C=O) groups is 1. The van der Waals surface area contributed by atoms with Gasteiger partial charge in [-0.1, -0.05) is 0 Å². The number of alkyl halides is 3. The number of likely N-dealkylation sites (tertiary alicyclic amines) is 1. The maximum absolute atomic E-state index is 12.4. The first-order valence-electron chi connectivity index (χ1n) is 4.02. The second kappa shape index (κ2) is 2.17. The number of nitrogens with two attached hydrogens (primary N) is 1. The molecule has 1 aliphatic heterocycles. The number of halogens is 3. The zero-order valence-corrected chi connectivity index (χ0v) is 6.77. The standard InChI is InChI=1S/C7H9F3N2O/c8-7(9,10)6(1-2-6)12-3-4(11)5(12)13/h4H,1-3,11H2. The van der Waals surface area contributed by atoms with Crippen LogP contribution < -0.4 is 5.73 Å². The van der Waals surface area contributed by atoms with Gasteiger partial charge < -0.3 is 10.6 Å². The maximum atomic E-state index is 12.4. The molecule has 1 heterocycles. The molecule has 6 heteroatoms. The average Bonchev–Trinajstić information content (AvgIpc) is 2.78. The summed E-state index contributed by atoms with van der Waals surface area (Å²) in [5.41, 5.74) is 3.36. The third-order valence-corrected chi connectivity index (χ3v) is 2.73. The molecule has 2 aliphatic rings. The Hall–Kier alpha value is -0.780. The van der Waals surface area contributed by atoms with Gasteiger partial charge in [0.05, 0.1) is 0 Å². The molecule has 2 N–H and O–H groups in total. The molecule has 74 valence electrons. The second-order valence-electron chi connectivity index (χ2n) is 3.58. The van der Waals surface area contributed by atoms with E-state index < -0.39 is 23.7 Å². The number of nitrogens with zero attached hydrogens (tertiary/aromatic N) is 1. The van der Waals surface area contributed by atoms with Crippen molar-refractivity contribution >= 4 is 5.91 Å². The molecule has 3 nitrogen and oxygen atoms in total. The topological polar surface area (TPSA) is 46.3 Å². The van der Waals surface area contributed by atoms with Gasteiger partial charge in [-0.2, -0.15) is 13.2 Å². The quantitative estimate of drug-likeness (QED) is 0.608. The summed E-state index contributed by atoms with van der Waals surface area (Å²) < 4.78 is 37.3. The van der Waals surface area contributed by atoms with Crippen LogP contribution in [-0.2, 0) is 4.79 Å². The third-order valence-electron chi connectivity index (χ3n) is 2.73. The minimum absolute atomic E-state index is 0.0228. The van der Waals surface area contributed by atoms with Gasteiger partial charge in [0, 0.05) is 6.54 Å². The highest BCUT2D eigenvalue weighted by Gasteiger charge is 2.70. The van der Waals surface area contributed by atoms with Crippen molar-refractivity contribution in [1.29, 1.82) is 0 Å². The van der Waals surface area contributed by atoms with E-state index in [2.05, 4.69) is 0 Å². The van der Waals surface area contributed by atoms with E-state index in [9.17, 15) is 18.0 Å². The number of carbonyl (C=O) groups excluding carboxylic acids is 1. The second-order valence-corrected chi connectivity index (χ2v) is 3.58. The van der Waals surface area contributed by atoms with Crippen molar-refractivity contribution in [3.05, 3.63) is 0 Å². The molecule has 1 saturated carbocycles. The molecular formula is C7H9F3N2O. The first-order chi connectivity index (χ1) is 5.88. The van der Waals surface area contributed by atoms with Crippen LogP contribution in [0, 0.1) is 0 Å². The first-order valence-corrected chi connectivity index (χ1v) is 4.02. The molecule has 0 aromatic heterocycles. The normalized spacial score (nSPS) is 31.5. The molecule has 0 bridgehead atoms. The van der Waals surface area contributed by atoms with E-state index in [0.29, 0.717) is 0 Å². The minimum atomic E-state index is -4.30. The van der Waals surface area contributed by atoms with Gasteiger partial charge >= 0.3 is 6.18 Å². The lowest BCUT2D eigenvalue weighted by Gasteiger charge is -2.43. The Balaban J connectivity index is 2.14. The molecule has 0 spiro atoms. The number of amides is 1. The van der Waals surface area contributed by atoms with Crippen LogP contribution in [0.5, 0.6) is 0 Å².